The lowest BCUT2D eigenvalue weighted by molar-refractivity contribution is -0.384. The van der Waals surface area contributed by atoms with E-state index in [9.17, 15) is 14.9 Å². The minimum absolute atomic E-state index is 0.0668. The summed E-state index contributed by atoms with van der Waals surface area (Å²) in [5.74, 6) is -1.04. The Labute approximate surface area is 108 Å². The molecule has 0 aliphatic rings. The number of esters is 1. The molecule has 1 aromatic carbocycles. The number of carbonyl (C=O) groups is 1. The largest absolute Gasteiger partial charge is 0.489 e. The molecule has 0 spiro atoms. The zero-order chi connectivity index (χ0) is 14.0. The van der Waals surface area contributed by atoms with Crippen molar-refractivity contribution in [2.75, 3.05) is 20.0 Å². The van der Waals surface area contributed by atoms with E-state index in [4.69, 9.17) is 22.1 Å². The lowest BCUT2D eigenvalue weighted by Gasteiger charge is -2.13. The topological polar surface area (TPSA) is 105 Å². The van der Waals surface area contributed by atoms with Crippen LogP contribution < -0.4 is 10.5 Å². The Balaban J connectivity index is 3.80. The van der Waals surface area contributed by atoms with Gasteiger partial charge in [-0.1, -0.05) is 11.6 Å². The van der Waals surface area contributed by atoms with Gasteiger partial charge in [0.1, 0.15) is 11.3 Å². The lowest BCUT2D eigenvalue weighted by Crippen LogP contribution is -2.11. The van der Waals surface area contributed by atoms with Crippen molar-refractivity contribution in [1.82, 2.24) is 0 Å². The fourth-order valence-corrected chi connectivity index (χ4v) is 1.74. The third-order valence-corrected chi connectivity index (χ3v) is 2.90. The molecule has 0 aliphatic heterocycles. The third kappa shape index (κ3) is 2.04. The number of ether oxygens (including phenoxy) is 2. The number of methoxy groups -OCH3 is 2. The molecule has 18 heavy (non-hydrogen) atoms. The maximum atomic E-state index is 11.6. The second kappa shape index (κ2) is 5.09. The maximum absolute atomic E-state index is 11.6. The van der Waals surface area contributed by atoms with Crippen molar-refractivity contribution in [1.29, 1.82) is 0 Å². The Kier molecular flexibility index (Phi) is 3.97. The van der Waals surface area contributed by atoms with Crippen LogP contribution in [0.25, 0.3) is 0 Å². The van der Waals surface area contributed by atoms with Gasteiger partial charge in [0.15, 0.2) is 0 Å². The highest BCUT2D eigenvalue weighted by atomic mass is 35.5. The van der Waals surface area contributed by atoms with Gasteiger partial charge in [0.2, 0.25) is 5.75 Å². The second-order valence-electron chi connectivity index (χ2n) is 3.36. The van der Waals surface area contributed by atoms with Crippen LogP contribution in [0, 0.1) is 17.0 Å². The SMILES string of the molecule is COC(=O)c1c(C)c(Cl)c(N)c([N+](=O)[O-])c1OC. The molecule has 0 radical (unpaired) electrons. The molecule has 0 saturated heterocycles. The Morgan fingerprint density at radius 2 is 2.00 bits per heavy atom. The molecule has 2 N–H and O–H groups in total. The normalized spacial score (nSPS) is 10.0. The minimum atomic E-state index is -0.783. The predicted molar refractivity (Wildman–Crippen MR) is 65.1 cm³/mol. The Morgan fingerprint density at radius 3 is 2.39 bits per heavy atom. The monoisotopic (exact) mass is 274 g/mol. The number of nitro benzene ring substituents is 1. The number of nitro groups is 1. The van der Waals surface area contributed by atoms with Gasteiger partial charge in [-0.25, -0.2) is 4.79 Å². The summed E-state index contributed by atoms with van der Waals surface area (Å²) in [5.41, 5.74) is 4.93. The summed E-state index contributed by atoms with van der Waals surface area (Å²) >= 11 is 5.87. The highest BCUT2D eigenvalue weighted by molar-refractivity contribution is 6.35. The Morgan fingerprint density at radius 1 is 1.44 bits per heavy atom. The summed E-state index contributed by atoms with van der Waals surface area (Å²) < 4.78 is 9.44. The molecular weight excluding hydrogens is 264 g/mol. The fraction of sp³-hybridized carbons (Fsp3) is 0.300. The quantitative estimate of drug-likeness (QED) is 0.391. The smallest absolute Gasteiger partial charge is 0.342 e. The van der Waals surface area contributed by atoms with Crippen LogP contribution in [0.15, 0.2) is 0 Å². The first-order valence-electron chi connectivity index (χ1n) is 4.75. The van der Waals surface area contributed by atoms with Crippen LogP contribution in [0.3, 0.4) is 0 Å². The van der Waals surface area contributed by atoms with Gasteiger partial charge < -0.3 is 15.2 Å². The van der Waals surface area contributed by atoms with Gasteiger partial charge in [-0.15, -0.1) is 0 Å². The average Bonchev–Trinajstić information content (AvgIpc) is 2.33. The van der Waals surface area contributed by atoms with Crippen LogP contribution in [0.2, 0.25) is 5.02 Å². The standard InChI is InChI=1S/C10H11ClN2O5/c1-4-5(10(14)18-3)9(17-2)8(13(15)16)7(12)6(4)11/h12H2,1-3H3. The van der Waals surface area contributed by atoms with Gasteiger partial charge in [-0.05, 0) is 12.5 Å². The third-order valence-electron chi connectivity index (χ3n) is 2.41. The first kappa shape index (κ1) is 14.0. The predicted octanol–water partition coefficient (Wildman–Crippen LogP) is 1.93. The van der Waals surface area contributed by atoms with Crippen LogP contribution in [-0.2, 0) is 4.74 Å². The van der Waals surface area contributed by atoms with Crippen molar-refractivity contribution < 1.29 is 19.2 Å². The minimum Gasteiger partial charge on any atom is -0.489 e. The van der Waals surface area contributed by atoms with Crippen molar-refractivity contribution in [2.45, 2.75) is 6.92 Å². The van der Waals surface area contributed by atoms with Crippen LogP contribution in [0.5, 0.6) is 5.75 Å². The average molecular weight is 275 g/mol. The molecule has 98 valence electrons. The molecule has 1 aromatic rings. The summed E-state index contributed by atoms with van der Waals surface area (Å²) in [6.07, 6.45) is 0. The van der Waals surface area contributed by atoms with E-state index in [1.54, 1.807) is 0 Å². The number of hydrogen-bond donors (Lipinski definition) is 1. The highest BCUT2D eigenvalue weighted by Crippen LogP contribution is 2.43. The van der Waals surface area contributed by atoms with Gasteiger partial charge in [0.25, 0.3) is 0 Å². The van der Waals surface area contributed by atoms with Crippen molar-refractivity contribution in [3.8, 4) is 5.75 Å². The molecular formula is C10H11ClN2O5. The Hall–Kier alpha value is -2.02. The van der Waals surface area contributed by atoms with Crippen LogP contribution in [0.4, 0.5) is 11.4 Å². The second-order valence-corrected chi connectivity index (χ2v) is 3.74. The number of nitrogens with two attached hydrogens (primary N) is 1. The number of halogens is 1. The van der Waals surface area contributed by atoms with Gasteiger partial charge in [-0.2, -0.15) is 0 Å². The van der Waals surface area contributed by atoms with Gasteiger partial charge in [0, 0.05) is 0 Å². The molecule has 0 bridgehead atoms. The van der Waals surface area contributed by atoms with Crippen molar-refractivity contribution in [2.24, 2.45) is 0 Å². The van der Waals surface area contributed by atoms with E-state index in [0.717, 1.165) is 7.11 Å². The van der Waals surface area contributed by atoms with E-state index in [0.29, 0.717) is 0 Å². The summed E-state index contributed by atoms with van der Waals surface area (Å²) in [7, 11) is 2.35. The summed E-state index contributed by atoms with van der Waals surface area (Å²) in [4.78, 5) is 21.8. The van der Waals surface area contributed by atoms with E-state index < -0.39 is 16.6 Å². The molecule has 0 aliphatic carbocycles. The summed E-state index contributed by atoms with van der Waals surface area (Å²) in [6, 6.07) is 0. The number of nitrogen functional groups attached to an aromatic ring is 1. The van der Waals surface area contributed by atoms with Gasteiger partial charge >= 0.3 is 11.7 Å². The summed E-state index contributed by atoms with van der Waals surface area (Å²) in [5, 5.41) is 10.9. The number of hydrogen-bond acceptors (Lipinski definition) is 6. The fourth-order valence-electron chi connectivity index (χ4n) is 1.55. The molecule has 0 amide bonds. The van der Waals surface area contributed by atoms with Gasteiger partial charge in [-0.3, -0.25) is 10.1 Å². The van der Waals surface area contributed by atoms with E-state index in [-0.39, 0.29) is 27.6 Å². The zero-order valence-electron chi connectivity index (χ0n) is 9.94. The highest BCUT2D eigenvalue weighted by Gasteiger charge is 2.32. The zero-order valence-corrected chi connectivity index (χ0v) is 10.7. The lowest BCUT2D eigenvalue weighted by atomic mass is 10.0. The maximum Gasteiger partial charge on any atom is 0.342 e. The molecule has 0 heterocycles. The molecule has 7 nitrogen and oxygen atoms in total. The molecule has 1 rings (SSSR count). The molecule has 0 unspecified atom stereocenters. The first-order chi connectivity index (χ1) is 8.36. The van der Waals surface area contributed by atoms with E-state index in [2.05, 4.69) is 4.74 Å². The van der Waals surface area contributed by atoms with Crippen LogP contribution in [-0.4, -0.2) is 25.1 Å². The number of benzene rings is 1. The van der Waals surface area contributed by atoms with Gasteiger partial charge in [0.05, 0.1) is 24.2 Å². The molecule has 8 heteroatoms. The Bertz CT molecular complexity index is 530. The van der Waals surface area contributed by atoms with E-state index in [1.165, 1.54) is 14.0 Å². The first-order valence-corrected chi connectivity index (χ1v) is 5.12. The number of carbonyl (C=O) groups excluding carboxylic acids is 1. The molecule has 0 atom stereocenters. The molecule has 0 aromatic heterocycles. The molecule has 0 fully saturated rings. The van der Waals surface area contributed by atoms with Crippen molar-refractivity contribution in [3.05, 3.63) is 26.3 Å². The summed E-state index contributed by atoms with van der Waals surface area (Å²) in [6.45, 7) is 1.50. The van der Waals surface area contributed by atoms with Crippen molar-refractivity contribution >= 4 is 28.9 Å². The van der Waals surface area contributed by atoms with Crippen LogP contribution in [0.1, 0.15) is 15.9 Å². The van der Waals surface area contributed by atoms with Crippen LogP contribution >= 0.6 is 11.6 Å². The van der Waals surface area contributed by atoms with E-state index >= 15 is 0 Å². The number of anilines is 1. The molecule has 0 saturated carbocycles. The van der Waals surface area contributed by atoms with Crippen molar-refractivity contribution in [3.63, 3.8) is 0 Å². The number of nitrogens with zero attached hydrogens (tertiary/aromatic N) is 1. The van der Waals surface area contributed by atoms with E-state index in [1.807, 2.05) is 0 Å². The number of rotatable bonds is 3.